The van der Waals surface area contributed by atoms with E-state index in [1.807, 2.05) is 0 Å². The van der Waals surface area contributed by atoms with Gasteiger partial charge in [0.1, 0.15) is 5.78 Å². The molecule has 0 heterocycles. The Labute approximate surface area is 120 Å². The minimum atomic E-state index is 0.289. The molecule has 0 saturated heterocycles. The summed E-state index contributed by atoms with van der Waals surface area (Å²) in [6, 6.07) is 0. The molecule has 0 fully saturated rings. The summed E-state index contributed by atoms with van der Waals surface area (Å²) in [5.74, 6) is 1.11. The van der Waals surface area contributed by atoms with Crippen LogP contribution in [-0.2, 0) is 4.79 Å². The Morgan fingerprint density at radius 1 is 0.947 bits per heavy atom. The first-order valence-corrected chi connectivity index (χ1v) is 7.70. The van der Waals surface area contributed by atoms with Crippen molar-refractivity contribution in [3.63, 3.8) is 0 Å². The van der Waals surface area contributed by atoms with E-state index in [0.717, 1.165) is 12.3 Å². The fourth-order valence-electron chi connectivity index (χ4n) is 2.15. The second-order valence-electron chi connectivity index (χ2n) is 6.15. The minimum Gasteiger partial charge on any atom is -0.300 e. The molecule has 0 aliphatic rings. The maximum atomic E-state index is 10.8. The van der Waals surface area contributed by atoms with Crippen molar-refractivity contribution < 1.29 is 4.79 Å². The highest BCUT2D eigenvalue weighted by Gasteiger charge is 2.01. The van der Waals surface area contributed by atoms with Crippen molar-refractivity contribution in [2.24, 2.45) is 5.92 Å². The highest BCUT2D eigenvalue weighted by molar-refractivity contribution is 5.75. The van der Waals surface area contributed by atoms with E-state index in [2.05, 4.69) is 39.8 Å². The second kappa shape index (κ2) is 11.0. The first-order valence-electron chi connectivity index (χ1n) is 7.70. The number of Topliss-reactive ketones (excluding diaryl/α,β-unsaturated/α-hetero) is 1. The van der Waals surface area contributed by atoms with Gasteiger partial charge in [-0.05, 0) is 65.7 Å². The maximum absolute atomic E-state index is 10.8. The molecule has 0 spiro atoms. The lowest BCUT2D eigenvalue weighted by molar-refractivity contribution is -0.116. The SMILES string of the molecule is CC(=O)CC/C=C(/C)CCCC(C)CCC=C(C)C. The molecular weight excluding hydrogens is 232 g/mol. The fourth-order valence-corrected chi connectivity index (χ4v) is 2.15. The van der Waals surface area contributed by atoms with E-state index < -0.39 is 0 Å². The van der Waals surface area contributed by atoms with Crippen LogP contribution in [0.5, 0.6) is 0 Å². The van der Waals surface area contributed by atoms with Crippen LogP contribution < -0.4 is 0 Å². The molecule has 0 radical (unpaired) electrons. The van der Waals surface area contributed by atoms with Gasteiger partial charge in [0, 0.05) is 6.42 Å². The van der Waals surface area contributed by atoms with Crippen LogP contribution in [0.25, 0.3) is 0 Å². The average Bonchev–Trinajstić information content (AvgIpc) is 2.27. The third kappa shape index (κ3) is 13.4. The quantitative estimate of drug-likeness (QED) is 0.452. The Balaban J connectivity index is 3.65. The summed E-state index contributed by atoms with van der Waals surface area (Å²) in [5, 5.41) is 0. The number of ketones is 1. The normalized spacial score (nSPS) is 13.2. The van der Waals surface area contributed by atoms with Crippen LogP contribution in [0.4, 0.5) is 0 Å². The molecule has 1 atom stereocenters. The molecule has 0 saturated carbocycles. The van der Waals surface area contributed by atoms with Crippen molar-refractivity contribution in [1.29, 1.82) is 0 Å². The largest absolute Gasteiger partial charge is 0.300 e. The molecule has 1 unspecified atom stereocenters. The van der Waals surface area contributed by atoms with Crippen LogP contribution in [0.2, 0.25) is 0 Å². The van der Waals surface area contributed by atoms with Crippen LogP contribution in [0.3, 0.4) is 0 Å². The highest BCUT2D eigenvalue weighted by atomic mass is 16.1. The van der Waals surface area contributed by atoms with Crippen molar-refractivity contribution in [1.82, 2.24) is 0 Å². The zero-order valence-electron chi connectivity index (χ0n) is 13.6. The summed E-state index contributed by atoms with van der Waals surface area (Å²) in [7, 11) is 0. The smallest absolute Gasteiger partial charge is 0.130 e. The van der Waals surface area contributed by atoms with Gasteiger partial charge in [0.25, 0.3) is 0 Å². The van der Waals surface area contributed by atoms with E-state index in [0.29, 0.717) is 6.42 Å². The fraction of sp³-hybridized carbons (Fsp3) is 0.722. The molecule has 0 amide bonds. The van der Waals surface area contributed by atoms with Crippen molar-refractivity contribution >= 4 is 5.78 Å². The van der Waals surface area contributed by atoms with Gasteiger partial charge >= 0.3 is 0 Å². The average molecular weight is 264 g/mol. The second-order valence-corrected chi connectivity index (χ2v) is 6.15. The topological polar surface area (TPSA) is 17.1 Å². The molecule has 1 nitrogen and oxygen atoms in total. The van der Waals surface area contributed by atoms with E-state index in [9.17, 15) is 4.79 Å². The van der Waals surface area contributed by atoms with Crippen LogP contribution in [0, 0.1) is 5.92 Å². The number of hydrogen-bond acceptors (Lipinski definition) is 1. The van der Waals surface area contributed by atoms with E-state index >= 15 is 0 Å². The van der Waals surface area contributed by atoms with Crippen LogP contribution >= 0.6 is 0 Å². The third-order valence-corrected chi connectivity index (χ3v) is 3.47. The Morgan fingerprint density at radius 2 is 1.63 bits per heavy atom. The summed E-state index contributed by atoms with van der Waals surface area (Å²) >= 11 is 0. The standard InChI is InChI=1S/C18H32O/c1-15(2)9-6-10-16(3)11-7-12-17(4)13-8-14-18(5)19/h9,13,16H,6-8,10-12,14H2,1-5H3/b17-13-. The van der Waals surface area contributed by atoms with Crippen LogP contribution in [0.1, 0.15) is 79.6 Å². The molecule has 0 aliphatic carbocycles. The first kappa shape index (κ1) is 18.1. The van der Waals surface area contributed by atoms with Crippen molar-refractivity contribution in [2.75, 3.05) is 0 Å². The molecule has 0 bridgehead atoms. The Bertz CT molecular complexity index is 306. The lowest BCUT2D eigenvalue weighted by Gasteiger charge is -2.10. The van der Waals surface area contributed by atoms with Crippen LogP contribution in [0.15, 0.2) is 23.3 Å². The highest BCUT2D eigenvalue weighted by Crippen LogP contribution is 2.17. The van der Waals surface area contributed by atoms with Gasteiger partial charge in [0.15, 0.2) is 0 Å². The summed E-state index contributed by atoms with van der Waals surface area (Å²) in [6.07, 6.45) is 12.5. The van der Waals surface area contributed by atoms with E-state index in [4.69, 9.17) is 0 Å². The molecule has 1 heteroatoms. The Morgan fingerprint density at radius 3 is 2.21 bits per heavy atom. The molecule has 0 rings (SSSR count). The molecule has 0 aromatic heterocycles. The monoisotopic (exact) mass is 264 g/mol. The lowest BCUT2D eigenvalue weighted by Crippen LogP contribution is -1.94. The zero-order valence-corrected chi connectivity index (χ0v) is 13.6. The summed E-state index contributed by atoms with van der Waals surface area (Å²) in [4.78, 5) is 10.8. The van der Waals surface area contributed by atoms with Crippen molar-refractivity contribution in [3.05, 3.63) is 23.3 Å². The van der Waals surface area contributed by atoms with Gasteiger partial charge in [-0.3, -0.25) is 0 Å². The van der Waals surface area contributed by atoms with E-state index in [1.165, 1.54) is 43.3 Å². The predicted octanol–water partition coefficient (Wildman–Crippen LogP) is 5.85. The molecule has 110 valence electrons. The van der Waals surface area contributed by atoms with Gasteiger partial charge < -0.3 is 4.79 Å². The first-order chi connectivity index (χ1) is 8.91. The third-order valence-electron chi connectivity index (χ3n) is 3.47. The van der Waals surface area contributed by atoms with Gasteiger partial charge in [-0.25, -0.2) is 0 Å². The van der Waals surface area contributed by atoms with E-state index in [1.54, 1.807) is 6.92 Å². The molecule has 0 N–H and O–H groups in total. The van der Waals surface area contributed by atoms with Crippen molar-refractivity contribution in [2.45, 2.75) is 79.6 Å². The van der Waals surface area contributed by atoms with Gasteiger partial charge in [-0.15, -0.1) is 0 Å². The number of rotatable bonds is 10. The zero-order chi connectivity index (χ0) is 14.7. The van der Waals surface area contributed by atoms with Gasteiger partial charge in [-0.2, -0.15) is 0 Å². The minimum absolute atomic E-state index is 0.289. The molecule has 0 aromatic rings. The summed E-state index contributed by atoms with van der Waals surface area (Å²) in [5.41, 5.74) is 2.87. The lowest BCUT2D eigenvalue weighted by atomic mass is 9.96. The van der Waals surface area contributed by atoms with Gasteiger partial charge in [0.05, 0.1) is 0 Å². The van der Waals surface area contributed by atoms with Crippen LogP contribution in [-0.4, -0.2) is 5.78 Å². The maximum Gasteiger partial charge on any atom is 0.130 e. The molecule has 19 heavy (non-hydrogen) atoms. The number of hydrogen-bond donors (Lipinski definition) is 0. The van der Waals surface area contributed by atoms with Gasteiger partial charge in [-0.1, -0.05) is 36.6 Å². The van der Waals surface area contributed by atoms with E-state index in [-0.39, 0.29) is 5.78 Å². The van der Waals surface area contributed by atoms with Crippen molar-refractivity contribution in [3.8, 4) is 0 Å². The molecular formula is C18H32O. The predicted molar refractivity (Wildman–Crippen MR) is 85.4 cm³/mol. The molecule has 0 aromatic carbocycles. The number of carbonyl (C=O) groups excluding carboxylic acids is 1. The summed E-state index contributed by atoms with van der Waals surface area (Å²) in [6.45, 7) is 10.5. The Hall–Kier alpha value is -0.850. The Kier molecular flexibility index (Phi) is 10.5. The number of allylic oxidation sites excluding steroid dienone is 4. The number of carbonyl (C=O) groups is 1. The summed E-state index contributed by atoms with van der Waals surface area (Å²) < 4.78 is 0. The van der Waals surface area contributed by atoms with Gasteiger partial charge in [0.2, 0.25) is 0 Å². The molecule has 0 aliphatic heterocycles.